The summed E-state index contributed by atoms with van der Waals surface area (Å²) in [6, 6.07) is 4.29. The number of hydrogen-bond acceptors (Lipinski definition) is 4. The normalized spacial score (nSPS) is 28.0. The molecule has 4 nitrogen and oxygen atoms in total. The first-order valence-corrected chi connectivity index (χ1v) is 8.96. The molecule has 2 unspecified atom stereocenters. The highest BCUT2D eigenvalue weighted by Crippen LogP contribution is 2.44. The van der Waals surface area contributed by atoms with Crippen molar-refractivity contribution in [3.8, 4) is 11.5 Å². The van der Waals surface area contributed by atoms with E-state index in [1.807, 2.05) is 0 Å². The van der Waals surface area contributed by atoms with Gasteiger partial charge in [0, 0.05) is 0 Å². The van der Waals surface area contributed by atoms with Crippen molar-refractivity contribution >= 4 is 0 Å². The Balaban J connectivity index is 1.60. The summed E-state index contributed by atoms with van der Waals surface area (Å²) in [7, 11) is 0. The Morgan fingerprint density at radius 2 is 1.74 bits per heavy atom. The van der Waals surface area contributed by atoms with Crippen LogP contribution in [0.4, 0.5) is 0 Å². The van der Waals surface area contributed by atoms with E-state index in [2.05, 4.69) is 19.1 Å². The van der Waals surface area contributed by atoms with E-state index < -0.39 is 0 Å². The summed E-state index contributed by atoms with van der Waals surface area (Å²) >= 11 is 0. The predicted octanol–water partition coefficient (Wildman–Crippen LogP) is 3.87. The van der Waals surface area contributed by atoms with Crippen LogP contribution in [0.3, 0.4) is 0 Å². The average molecular weight is 318 g/mol. The van der Waals surface area contributed by atoms with E-state index in [1.54, 1.807) is 0 Å². The highest BCUT2D eigenvalue weighted by Gasteiger charge is 2.29. The van der Waals surface area contributed by atoms with Gasteiger partial charge < -0.3 is 18.9 Å². The standard InChI is InChI=1S/C19H26O4/c1-13-3-2-4-14(11-13)12-15-5-6-16(19-22-9-10-23-19)18-17(15)20-7-8-21-18/h5-6,13-14,19H,2-4,7-12H2,1H3. The quantitative estimate of drug-likeness (QED) is 0.848. The first kappa shape index (κ1) is 15.3. The Labute approximate surface area is 138 Å². The fourth-order valence-corrected chi connectivity index (χ4v) is 4.15. The lowest BCUT2D eigenvalue weighted by molar-refractivity contribution is -0.0466. The molecule has 2 fully saturated rings. The molecule has 2 aliphatic heterocycles. The second-order valence-electron chi connectivity index (χ2n) is 7.08. The van der Waals surface area contributed by atoms with Crippen LogP contribution in [0.25, 0.3) is 0 Å². The van der Waals surface area contributed by atoms with Crippen LogP contribution in [0.1, 0.15) is 50.0 Å². The molecule has 1 aromatic rings. The summed E-state index contributed by atoms with van der Waals surface area (Å²) in [6.45, 7) is 4.87. The van der Waals surface area contributed by atoms with Crippen LogP contribution in [0, 0.1) is 11.8 Å². The van der Waals surface area contributed by atoms with Gasteiger partial charge in [0.15, 0.2) is 17.8 Å². The molecule has 0 N–H and O–H groups in total. The number of hydrogen-bond donors (Lipinski definition) is 0. The predicted molar refractivity (Wildman–Crippen MR) is 86.9 cm³/mol. The Kier molecular flexibility index (Phi) is 4.45. The Bertz CT molecular complexity index is 551. The molecule has 0 radical (unpaired) electrons. The minimum atomic E-state index is -0.311. The summed E-state index contributed by atoms with van der Waals surface area (Å²) in [4.78, 5) is 0. The second kappa shape index (κ2) is 6.70. The van der Waals surface area contributed by atoms with Crippen molar-refractivity contribution < 1.29 is 18.9 Å². The molecular formula is C19H26O4. The van der Waals surface area contributed by atoms with Crippen LogP contribution >= 0.6 is 0 Å². The summed E-state index contributed by atoms with van der Waals surface area (Å²) in [6.07, 6.45) is 6.16. The summed E-state index contributed by atoms with van der Waals surface area (Å²) in [5, 5.41) is 0. The average Bonchev–Trinajstić information content (AvgIpc) is 3.09. The van der Waals surface area contributed by atoms with Crippen LogP contribution < -0.4 is 9.47 Å². The van der Waals surface area contributed by atoms with Crippen molar-refractivity contribution in [3.63, 3.8) is 0 Å². The molecule has 0 amide bonds. The molecule has 0 aromatic heterocycles. The third kappa shape index (κ3) is 3.20. The van der Waals surface area contributed by atoms with E-state index >= 15 is 0 Å². The Hall–Kier alpha value is -1.26. The lowest BCUT2D eigenvalue weighted by atomic mass is 9.79. The molecule has 0 bridgehead atoms. The Morgan fingerprint density at radius 1 is 0.957 bits per heavy atom. The molecule has 2 heterocycles. The van der Waals surface area contributed by atoms with Crippen molar-refractivity contribution in [2.24, 2.45) is 11.8 Å². The fraction of sp³-hybridized carbons (Fsp3) is 0.684. The topological polar surface area (TPSA) is 36.9 Å². The third-order valence-corrected chi connectivity index (χ3v) is 5.23. The van der Waals surface area contributed by atoms with Crippen LogP contribution in [-0.4, -0.2) is 26.4 Å². The van der Waals surface area contributed by atoms with E-state index in [0.29, 0.717) is 26.4 Å². The van der Waals surface area contributed by atoms with Gasteiger partial charge in [0.2, 0.25) is 0 Å². The zero-order valence-electron chi connectivity index (χ0n) is 13.9. The van der Waals surface area contributed by atoms with Crippen LogP contribution in [0.15, 0.2) is 12.1 Å². The number of rotatable bonds is 3. The molecule has 1 aliphatic carbocycles. The van der Waals surface area contributed by atoms with Gasteiger partial charge in [-0.1, -0.05) is 32.3 Å². The lowest BCUT2D eigenvalue weighted by Crippen LogP contribution is -2.21. The van der Waals surface area contributed by atoms with Gasteiger partial charge in [-0.2, -0.15) is 0 Å². The number of benzene rings is 1. The zero-order chi connectivity index (χ0) is 15.6. The highest BCUT2D eigenvalue weighted by atomic mass is 16.7. The molecule has 3 aliphatic rings. The first-order valence-electron chi connectivity index (χ1n) is 8.96. The minimum absolute atomic E-state index is 0.311. The Morgan fingerprint density at radius 3 is 2.52 bits per heavy atom. The van der Waals surface area contributed by atoms with Crippen molar-refractivity contribution in [1.29, 1.82) is 0 Å². The second-order valence-corrected chi connectivity index (χ2v) is 7.08. The van der Waals surface area contributed by atoms with Gasteiger partial charge >= 0.3 is 0 Å². The fourth-order valence-electron chi connectivity index (χ4n) is 4.15. The molecule has 0 spiro atoms. The van der Waals surface area contributed by atoms with Crippen LogP contribution in [0.5, 0.6) is 11.5 Å². The number of ether oxygens (including phenoxy) is 4. The molecule has 1 saturated carbocycles. The molecule has 2 atom stereocenters. The largest absolute Gasteiger partial charge is 0.486 e. The molecule has 1 saturated heterocycles. The molecule has 126 valence electrons. The summed E-state index contributed by atoms with van der Waals surface area (Å²) in [5.74, 6) is 3.37. The third-order valence-electron chi connectivity index (χ3n) is 5.23. The molecule has 4 rings (SSSR count). The van der Waals surface area contributed by atoms with Gasteiger partial charge in [-0.25, -0.2) is 0 Å². The lowest BCUT2D eigenvalue weighted by Gasteiger charge is -2.29. The smallest absolute Gasteiger partial charge is 0.187 e. The van der Waals surface area contributed by atoms with E-state index in [4.69, 9.17) is 18.9 Å². The van der Waals surface area contributed by atoms with Gasteiger partial charge in [-0.3, -0.25) is 0 Å². The van der Waals surface area contributed by atoms with Gasteiger partial charge in [-0.15, -0.1) is 0 Å². The van der Waals surface area contributed by atoms with E-state index in [9.17, 15) is 0 Å². The van der Waals surface area contributed by atoms with Gasteiger partial charge in [0.1, 0.15) is 13.2 Å². The SMILES string of the molecule is CC1CCCC(Cc2ccc(C3OCCO3)c3c2OCCO3)C1. The maximum atomic E-state index is 5.99. The van der Waals surface area contributed by atoms with E-state index in [0.717, 1.165) is 35.3 Å². The van der Waals surface area contributed by atoms with Crippen LogP contribution in [0.2, 0.25) is 0 Å². The molecule has 4 heteroatoms. The van der Waals surface area contributed by atoms with Crippen molar-refractivity contribution in [2.75, 3.05) is 26.4 Å². The molecule has 1 aromatic carbocycles. The minimum Gasteiger partial charge on any atom is -0.486 e. The van der Waals surface area contributed by atoms with Gasteiger partial charge in [0.05, 0.1) is 18.8 Å². The molecular weight excluding hydrogens is 292 g/mol. The summed E-state index contributed by atoms with van der Waals surface area (Å²) < 4.78 is 23.2. The van der Waals surface area contributed by atoms with Gasteiger partial charge in [0.25, 0.3) is 0 Å². The molecule has 23 heavy (non-hydrogen) atoms. The summed E-state index contributed by atoms with van der Waals surface area (Å²) in [5.41, 5.74) is 2.25. The van der Waals surface area contributed by atoms with Crippen LogP contribution in [-0.2, 0) is 15.9 Å². The van der Waals surface area contributed by atoms with Crippen molar-refractivity contribution in [1.82, 2.24) is 0 Å². The van der Waals surface area contributed by atoms with E-state index in [-0.39, 0.29) is 6.29 Å². The monoisotopic (exact) mass is 318 g/mol. The van der Waals surface area contributed by atoms with Gasteiger partial charge in [-0.05, 0) is 36.3 Å². The van der Waals surface area contributed by atoms with Crippen molar-refractivity contribution in [2.45, 2.75) is 45.3 Å². The first-order chi connectivity index (χ1) is 11.3. The maximum absolute atomic E-state index is 5.99. The highest BCUT2D eigenvalue weighted by molar-refractivity contribution is 5.53. The maximum Gasteiger partial charge on any atom is 0.187 e. The van der Waals surface area contributed by atoms with E-state index in [1.165, 1.54) is 31.2 Å². The van der Waals surface area contributed by atoms with Crippen molar-refractivity contribution in [3.05, 3.63) is 23.3 Å². The zero-order valence-corrected chi connectivity index (χ0v) is 13.9. The number of fused-ring (bicyclic) bond motifs is 1.